The lowest BCUT2D eigenvalue weighted by molar-refractivity contribution is 0.420. The molecule has 0 radical (unpaired) electrons. The number of hydrogen-bond acceptors (Lipinski definition) is 2. The molecule has 0 saturated carbocycles. The first kappa shape index (κ1) is 13.0. The largest absolute Gasteiger partial charge is 0.508 e. The van der Waals surface area contributed by atoms with E-state index in [-0.39, 0.29) is 5.75 Å². The number of benzene rings is 1. The molecule has 1 N–H and O–H groups in total. The van der Waals surface area contributed by atoms with E-state index in [1.54, 1.807) is 19.2 Å². The maximum Gasteiger partial charge on any atom is 0.144 e. The summed E-state index contributed by atoms with van der Waals surface area (Å²) in [7, 11) is 1.71. The summed E-state index contributed by atoms with van der Waals surface area (Å²) in [6.07, 6.45) is 0.958. The first-order valence-electron chi connectivity index (χ1n) is 7.46. The molecule has 1 aromatic carbocycles. The molecule has 4 aromatic rings. The van der Waals surface area contributed by atoms with Crippen molar-refractivity contribution in [3.05, 3.63) is 54.1 Å². The molecule has 0 amide bonds. The molecule has 0 bridgehead atoms. The van der Waals surface area contributed by atoms with Crippen molar-refractivity contribution in [2.24, 2.45) is 0 Å². The third-order valence-electron chi connectivity index (χ3n) is 4.35. The lowest BCUT2D eigenvalue weighted by Gasteiger charge is -2.04. The molecule has 0 aliphatic rings. The quantitative estimate of drug-likeness (QED) is 0.604. The minimum absolute atomic E-state index is 0.288. The molecule has 0 aliphatic heterocycles. The second kappa shape index (κ2) is 4.67. The predicted octanol–water partition coefficient (Wildman–Crippen LogP) is 4.47. The third kappa shape index (κ3) is 1.62. The predicted molar refractivity (Wildman–Crippen MR) is 89.1 cm³/mol. The van der Waals surface area contributed by atoms with Crippen molar-refractivity contribution in [3.8, 4) is 22.6 Å². The van der Waals surface area contributed by atoms with Gasteiger partial charge in [0.2, 0.25) is 0 Å². The van der Waals surface area contributed by atoms with Crippen molar-refractivity contribution in [3.63, 3.8) is 0 Å². The van der Waals surface area contributed by atoms with E-state index in [0.29, 0.717) is 0 Å². The molecular formula is C19H17NO2. The summed E-state index contributed by atoms with van der Waals surface area (Å²) in [5.41, 5.74) is 7.14. The number of pyridine rings is 1. The zero-order valence-corrected chi connectivity index (χ0v) is 12.6. The number of ether oxygens (including phenoxy) is 1. The zero-order valence-electron chi connectivity index (χ0n) is 12.6. The molecule has 3 heterocycles. The number of nitrogens with zero attached hydrogens (tertiary/aromatic N) is 1. The Hall–Kier alpha value is -2.68. The fraction of sp³-hybridized carbons (Fsp3) is 0.158. The van der Waals surface area contributed by atoms with Gasteiger partial charge in [0.15, 0.2) is 0 Å². The average molecular weight is 291 g/mol. The smallest absolute Gasteiger partial charge is 0.144 e. The fourth-order valence-corrected chi connectivity index (χ4v) is 3.40. The van der Waals surface area contributed by atoms with Crippen LogP contribution in [0.25, 0.3) is 27.7 Å². The topological polar surface area (TPSA) is 33.9 Å². The molecule has 3 nitrogen and oxygen atoms in total. The van der Waals surface area contributed by atoms with Crippen LogP contribution >= 0.6 is 0 Å². The normalized spacial score (nSPS) is 11.5. The van der Waals surface area contributed by atoms with E-state index in [1.807, 2.05) is 12.1 Å². The van der Waals surface area contributed by atoms with Gasteiger partial charge in [-0.25, -0.2) is 0 Å². The van der Waals surface area contributed by atoms with Gasteiger partial charge in [0, 0.05) is 11.6 Å². The highest BCUT2D eigenvalue weighted by molar-refractivity contribution is 5.97. The van der Waals surface area contributed by atoms with Crippen molar-refractivity contribution in [2.75, 3.05) is 7.11 Å². The summed E-state index contributed by atoms with van der Waals surface area (Å²) in [6, 6.07) is 15.8. The van der Waals surface area contributed by atoms with E-state index in [1.165, 1.54) is 16.6 Å². The van der Waals surface area contributed by atoms with Crippen LogP contribution in [0.5, 0.6) is 11.5 Å². The van der Waals surface area contributed by atoms with E-state index >= 15 is 0 Å². The highest BCUT2D eigenvalue weighted by Gasteiger charge is 2.20. The molecule has 4 rings (SSSR count). The van der Waals surface area contributed by atoms with Gasteiger partial charge in [0.05, 0.1) is 23.7 Å². The lowest BCUT2D eigenvalue weighted by Crippen LogP contribution is -1.87. The number of hydrogen-bond donors (Lipinski definition) is 1. The number of aromatic hydroxyl groups is 1. The Morgan fingerprint density at radius 1 is 1.00 bits per heavy atom. The second-order valence-electron chi connectivity index (χ2n) is 5.48. The maximum atomic E-state index is 9.55. The number of aromatic nitrogens is 1. The molecule has 3 aromatic heterocycles. The molecule has 0 spiro atoms. The van der Waals surface area contributed by atoms with E-state index in [2.05, 4.69) is 35.6 Å². The van der Waals surface area contributed by atoms with Crippen LogP contribution in [-0.2, 0) is 6.42 Å². The number of methoxy groups -OCH3 is 1. The van der Waals surface area contributed by atoms with Gasteiger partial charge in [-0.3, -0.25) is 0 Å². The van der Waals surface area contributed by atoms with Gasteiger partial charge in [0.25, 0.3) is 0 Å². The van der Waals surface area contributed by atoms with E-state index in [4.69, 9.17) is 4.74 Å². The standard InChI is InChI=1S/C19H17NO2/c1-3-14-15-5-4-6-16-18(22-2)11-17(20(15)16)19(14)12-7-9-13(21)10-8-12/h4-11,21H,3H2,1-2H3. The summed E-state index contributed by atoms with van der Waals surface area (Å²) >= 11 is 0. The number of phenolic OH excluding ortho intramolecular Hbond substituents is 1. The van der Waals surface area contributed by atoms with Crippen LogP contribution in [0.3, 0.4) is 0 Å². The number of rotatable bonds is 3. The summed E-state index contributed by atoms with van der Waals surface area (Å²) in [5.74, 6) is 1.18. The van der Waals surface area contributed by atoms with Crippen LogP contribution in [0.2, 0.25) is 0 Å². The van der Waals surface area contributed by atoms with Crippen molar-refractivity contribution in [1.82, 2.24) is 4.40 Å². The molecule has 3 heteroatoms. The fourth-order valence-electron chi connectivity index (χ4n) is 3.40. The molecule has 22 heavy (non-hydrogen) atoms. The van der Waals surface area contributed by atoms with Gasteiger partial charge in [-0.05, 0) is 41.8 Å². The van der Waals surface area contributed by atoms with E-state index < -0.39 is 0 Å². The van der Waals surface area contributed by atoms with Crippen LogP contribution in [0.4, 0.5) is 0 Å². The number of phenols is 1. The lowest BCUT2D eigenvalue weighted by atomic mass is 9.99. The molecule has 0 aliphatic carbocycles. The van der Waals surface area contributed by atoms with Gasteiger partial charge in [-0.1, -0.05) is 25.1 Å². The average Bonchev–Trinajstić information content (AvgIpc) is 3.07. The summed E-state index contributed by atoms with van der Waals surface area (Å²) < 4.78 is 7.79. The van der Waals surface area contributed by atoms with Crippen molar-refractivity contribution in [1.29, 1.82) is 0 Å². The highest BCUT2D eigenvalue weighted by Crippen LogP contribution is 2.40. The minimum Gasteiger partial charge on any atom is -0.508 e. The molecule has 0 saturated heterocycles. The van der Waals surface area contributed by atoms with Crippen LogP contribution in [0.1, 0.15) is 12.5 Å². The molecular weight excluding hydrogens is 274 g/mol. The first-order valence-corrected chi connectivity index (χ1v) is 7.46. The van der Waals surface area contributed by atoms with Gasteiger partial charge >= 0.3 is 0 Å². The summed E-state index contributed by atoms with van der Waals surface area (Å²) in [6.45, 7) is 2.18. The van der Waals surface area contributed by atoms with Gasteiger partial charge < -0.3 is 14.2 Å². The molecule has 0 atom stereocenters. The van der Waals surface area contributed by atoms with Crippen LogP contribution in [0.15, 0.2) is 48.5 Å². The first-order chi connectivity index (χ1) is 10.7. The molecule has 110 valence electrons. The monoisotopic (exact) mass is 291 g/mol. The third-order valence-corrected chi connectivity index (χ3v) is 4.35. The summed E-state index contributed by atoms with van der Waals surface area (Å²) in [5, 5.41) is 9.55. The Bertz CT molecular complexity index is 951. The van der Waals surface area contributed by atoms with Crippen molar-refractivity contribution < 1.29 is 9.84 Å². The van der Waals surface area contributed by atoms with Crippen LogP contribution in [0, 0.1) is 0 Å². The number of aryl methyl sites for hydroxylation is 1. The summed E-state index contributed by atoms with van der Waals surface area (Å²) in [4.78, 5) is 0. The second-order valence-corrected chi connectivity index (χ2v) is 5.48. The molecule has 0 unspecified atom stereocenters. The van der Waals surface area contributed by atoms with Gasteiger partial charge in [-0.2, -0.15) is 0 Å². The van der Waals surface area contributed by atoms with Gasteiger partial charge in [0.1, 0.15) is 11.5 Å². The Labute approximate surface area is 128 Å². The Kier molecular flexibility index (Phi) is 2.76. The van der Waals surface area contributed by atoms with E-state index in [9.17, 15) is 5.11 Å². The maximum absolute atomic E-state index is 9.55. The van der Waals surface area contributed by atoms with Crippen LogP contribution in [-0.4, -0.2) is 16.6 Å². The van der Waals surface area contributed by atoms with Crippen molar-refractivity contribution >= 4 is 16.6 Å². The van der Waals surface area contributed by atoms with Crippen molar-refractivity contribution in [2.45, 2.75) is 13.3 Å². The van der Waals surface area contributed by atoms with E-state index in [0.717, 1.165) is 28.8 Å². The minimum atomic E-state index is 0.288. The van der Waals surface area contributed by atoms with Crippen LogP contribution < -0.4 is 4.74 Å². The highest BCUT2D eigenvalue weighted by atomic mass is 16.5. The van der Waals surface area contributed by atoms with Gasteiger partial charge in [-0.15, -0.1) is 0 Å². The Balaban J connectivity index is 2.14. The Morgan fingerprint density at radius 3 is 2.41 bits per heavy atom. The zero-order chi connectivity index (χ0) is 15.3. The SMILES string of the molecule is CCc1c(-c2ccc(O)cc2)c2cc(OC)c3cccc1n32. The Morgan fingerprint density at radius 2 is 1.73 bits per heavy atom. The molecule has 0 fully saturated rings.